The second-order valence-electron chi connectivity index (χ2n) is 26.8. The zero-order valence-electron chi connectivity index (χ0n) is 64.4. The molecule has 0 bridgehead atoms. The van der Waals surface area contributed by atoms with Gasteiger partial charge < -0.3 is 125 Å². The standard InChI is InChI=1S/C71H116N24O16S2/c1-6-39(3)56(94-61(104)46(25-17-29-81-70(76)77)87-54(98)35-83-53(97)34-84-60(103)48(31-42-19-10-8-11-20-42)89-58(101)41(5)85-65(108)51(37-112)92-59(102)45(73)24-14-15-27-72)67(110)91-50(33-55(99)100)64(107)88-47(26-18-30-82-71(78)79)62(105)95-57(40(4)7-2)68(111)93-52(38-113)66(109)90-49(32-43-21-12-9-13-22-43)63(106)86-44(36-96)23-16-28-80-69(74)75/h8-13,19-22,36,39-41,44-52,56-57,112-113H,6-7,14-18,23-35,37-38,72-73H2,1-5H3,(H,83,97)(H,84,103)(H,85,108)(H,86,106)(H,87,98)(H,88,107)(H,89,101)(H,90,109)(H,91,110)(H,92,102)(H,93,111)(H,94,104)(H,95,105)(H,99,100)(H4,74,75,80)(H4,76,77,81)(H4,78,79,82)/t39-,40-,41+,44-,45-,46-,47-,48-,49-,50-,51-,52-,56-,57-/m0/s1. The number of carbonyl (C=O) groups excluding carboxylic acids is 14. The van der Waals surface area contributed by atoms with E-state index in [9.17, 15) is 77.0 Å². The number of carboxylic acid groups (broad SMARTS) is 1. The van der Waals surface area contributed by atoms with Crippen molar-refractivity contribution in [3.05, 3.63) is 71.8 Å². The van der Waals surface area contributed by atoms with Gasteiger partial charge in [-0.25, -0.2) is 0 Å². The van der Waals surface area contributed by atoms with Gasteiger partial charge in [-0.3, -0.25) is 82.1 Å². The Balaban J connectivity index is 2.38. The van der Waals surface area contributed by atoms with Crippen molar-refractivity contribution < 1.29 is 77.0 Å². The van der Waals surface area contributed by atoms with E-state index in [1.807, 2.05) is 0 Å². The molecule has 0 aliphatic rings. The maximum absolute atomic E-state index is 14.5. The van der Waals surface area contributed by atoms with Crippen LogP contribution in [0.4, 0.5) is 0 Å². The number of aliphatic imine (C=N–C) groups is 3. The fourth-order valence-corrected chi connectivity index (χ4v) is 11.3. The van der Waals surface area contributed by atoms with Crippen LogP contribution in [0, 0.1) is 11.8 Å². The van der Waals surface area contributed by atoms with E-state index in [0.717, 1.165) is 0 Å². The largest absolute Gasteiger partial charge is 0.481 e. The maximum atomic E-state index is 14.5. The fraction of sp³-hybridized carbons (Fsp3) is 0.577. The molecule has 2 aromatic rings. The monoisotopic (exact) mass is 1620 g/mol. The van der Waals surface area contributed by atoms with Crippen LogP contribution >= 0.6 is 25.3 Å². The molecule has 0 saturated carbocycles. The molecule has 30 N–H and O–H groups in total. The van der Waals surface area contributed by atoms with E-state index in [4.69, 9.17) is 45.9 Å². The molecule has 13 amide bonds. The second-order valence-corrected chi connectivity index (χ2v) is 27.5. The summed E-state index contributed by atoms with van der Waals surface area (Å²) in [5.74, 6) is -16.0. The Kier molecular flexibility index (Phi) is 46.8. The van der Waals surface area contributed by atoms with Crippen LogP contribution in [0.2, 0.25) is 0 Å². The molecular formula is C71H116N24O16S2. The number of hydrogen-bond donors (Lipinski definition) is 24. The van der Waals surface area contributed by atoms with Crippen LogP contribution in [-0.2, 0) is 84.8 Å². The number of nitrogens with one attached hydrogen (secondary N) is 13. The lowest BCUT2D eigenvalue weighted by molar-refractivity contribution is -0.142. The van der Waals surface area contributed by atoms with Crippen LogP contribution in [0.15, 0.2) is 75.6 Å². The van der Waals surface area contributed by atoms with E-state index >= 15 is 0 Å². The molecule has 2 rings (SSSR count). The molecule has 0 unspecified atom stereocenters. The van der Waals surface area contributed by atoms with Crippen molar-refractivity contribution in [2.24, 2.45) is 72.7 Å². The molecule has 113 heavy (non-hydrogen) atoms. The number of carbonyl (C=O) groups is 15. The molecule has 628 valence electrons. The lowest BCUT2D eigenvalue weighted by atomic mass is 9.96. The van der Waals surface area contributed by atoms with Crippen molar-refractivity contribution in [3.63, 3.8) is 0 Å². The summed E-state index contributed by atoms with van der Waals surface area (Å²) in [6.07, 6.45) is 1.35. The van der Waals surface area contributed by atoms with Gasteiger partial charge in [-0.1, -0.05) is 108 Å². The SMILES string of the molecule is CC[C@H](C)[C@H](NC(=O)[C@H](CCCN=C(N)N)NC(=O)CNC(=O)CNC(=O)[C@H](Cc1ccccc1)NC(=O)[C@@H](C)NC(=O)[C@H](CS)NC(=O)[C@@H](N)CCCCN)C(=O)N[C@@H](CC(=O)O)C(=O)N[C@@H](CCCN=C(N)N)C(=O)N[C@H](C(=O)N[C@@H](CS)C(=O)N[C@@H](Cc1ccccc1)C(=O)N[C@H](C=O)CCCN=C(N)N)[C@@H](C)CC. The van der Waals surface area contributed by atoms with E-state index in [1.165, 1.54) is 6.92 Å². The van der Waals surface area contributed by atoms with Crippen molar-refractivity contribution in [2.75, 3.05) is 50.8 Å². The predicted molar refractivity (Wildman–Crippen MR) is 429 cm³/mol. The van der Waals surface area contributed by atoms with Crippen LogP contribution in [0.5, 0.6) is 0 Å². The first-order valence-corrected chi connectivity index (χ1v) is 38.3. The number of amides is 13. The average Bonchev–Trinajstić information content (AvgIpc) is 0.850. The highest BCUT2D eigenvalue weighted by molar-refractivity contribution is 7.80. The summed E-state index contributed by atoms with van der Waals surface area (Å²) in [5.41, 5.74) is 45.7. The molecule has 0 radical (unpaired) electrons. The van der Waals surface area contributed by atoms with Crippen LogP contribution in [0.3, 0.4) is 0 Å². The zero-order valence-corrected chi connectivity index (χ0v) is 66.2. The first-order valence-electron chi connectivity index (χ1n) is 37.1. The van der Waals surface area contributed by atoms with Gasteiger partial charge in [-0.05, 0) is 87.8 Å². The first kappa shape index (κ1) is 98.2. The smallest absolute Gasteiger partial charge is 0.305 e. The van der Waals surface area contributed by atoms with Gasteiger partial charge in [-0.2, -0.15) is 25.3 Å². The number of aldehydes is 1. The topological polar surface area (TPSA) is 678 Å². The van der Waals surface area contributed by atoms with Gasteiger partial charge in [0.2, 0.25) is 76.8 Å². The third-order valence-corrected chi connectivity index (χ3v) is 18.4. The van der Waals surface area contributed by atoms with E-state index in [1.54, 1.807) is 88.4 Å². The molecule has 40 nitrogen and oxygen atoms in total. The predicted octanol–water partition coefficient (Wildman–Crippen LogP) is -6.70. The molecule has 0 aliphatic heterocycles. The molecule has 0 aromatic heterocycles. The number of thiol groups is 2. The zero-order chi connectivity index (χ0) is 84.7. The molecule has 42 heteroatoms. The number of benzene rings is 2. The molecule has 2 aromatic carbocycles. The van der Waals surface area contributed by atoms with Crippen LogP contribution < -0.4 is 115 Å². The summed E-state index contributed by atoms with van der Waals surface area (Å²) in [4.78, 5) is 216. The quantitative estimate of drug-likeness (QED) is 0.00962. The third kappa shape index (κ3) is 39.2. The summed E-state index contributed by atoms with van der Waals surface area (Å²) >= 11 is 8.50. The Hall–Kier alpha value is -10.9. The van der Waals surface area contributed by atoms with E-state index in [-0.39, 0.29) is 107 Å². The summed E-state index contributed by atoms with van der Waals surface area (Å²) in [7, 11) is 0. The summed E-state index contributed by atoms with van der Waals surface area (Å²) < 4.78 is 0. The number of nitrogens with two attached hydrogens (primary N) is 8. The number of guanidine groups is 3. The average molecular weight is 1630 g/mol. The first-order chi connectivity index (χ1) is 53.6. The molecule has 0 saturated heterocycles. The number of carboxylic acids is 1. The minimum absolute atomic E-state index is 0.00402. The highest BCUT2D eigenvalue weighted by Gasteiger charge is 2.38. The van der Waals surface area contributed by atoms with Gasteiger partial charge in [0.1, 0.15) is 66.7 Å². The van der Waals surface area contributed by atoms with Gasteiger partial charge in [0.05, 0.1) is 31.6 Å². The number of nitrogens with zero attached hydrogens (tertiary/aromatic N) is 3. The van der Waals surface area contributed by atoms with Gasteiger partial charge in [0.15, 0.2) is 17.9 Å². The van der Waals surface area contributed by atoms with Crippen LogP contribution in [0.1, 0.15) is 123 Å². The Labute approximate surface area is 667 Å². The number of rotatable bonds is 55. The lowest BCUT2D eigenvalue weighted by Crippen LogP contribution is -2.62. The molecule has 0 aliphatic carbocycles. The van der Waals surface area contributed by atoms with Gasteiger partial charge in [0.25, 0.3) is 0 Å². The molecular weight excluding hydrogens is 1510 g/mol. The number of hydrogen-bond acceptors (Lipinski definition) is 22. The molecule has 0 fully saturated rings. The molecule has 0 spiro atoms. The van der Waals surface area contributed by atoms with Gasteiger partial charge in [-0.15, -0.1) is 0 Å². The van der Waals surface area contributed by atoms with Crippen molar-refractivity contribution in [1.82, 2.24) is 69.1 Å². The molecule has 14 atom stereocenters. The lowest BCUT2D eigenvalue weighted by Gasteiger charge is -2.30. The highest BCUT2D eigenvalue weighted by Crippen LogP contribution is 2.15. The van der Waals surface area contributed by atoms with Crippen LogP contribution in [-0.4, -0.2) is 235 Å². The minimum atomic E-state index is -1.96. The third-order valence-electron chi connectivity index (χ3n) is 17.6. The maximum Gasteiger partial charge on any atom is 0.305 e. The van der Waals surface area contributed by atoms with Crippen molar-refractivity contribution in [1.29, 1.82) is 0 Å². The summed E-state index contributed by atoms with van der Waals surface area (Å²) in [5, 5.41) is 42.9. The van der Waals surface area contributed by atoms with Crippen molar-refractivity contribution in [2.45, 2.75) is 197 Å². The van der Waals surface area contributed by atoms with E-state index in [2.05, 4.69) is 109 Å². The number of unbranched alkanes of at least 4 members (excludes halogenated alkanes) is 1. The molecule has 0 heterocycles. The second kappa shape index (κ2) is 53.9. The van der Waals surface area contributed by atoms with Crippen LogP contribution in [0.25, 0.3) is 0 Å². The number of aliphatic carboxylic acids is 1. The summed E-state index contributed by atoms with van der Waals surface area (Å²) in [6.45, 7) is 6.78. The fourth-order valence-electron chi connectivity index (χ4n) is 10.8. The normalized spacial score (nSPS) is 14.6. The van der Waals surface area contributed by atoms with Gasteiger partial charge in [0, 0.05) is 44.0 Å². The van der Waals surface area contributed by atoms with Gasteiger partial charge >= 0.3 is 5.97 Å². The Bertz CT molecular complexity index is 3540. The Morgan fingerprint density at radius 2 is 0.814 bits per heavy atom. The minimum Gasteiger partial charge on any atom is -0.481 e. The van der Waals surface area contributed by atoms with E-state index in [0.29, 0.717) is 49.6 Å². The van der Waals surface area contributed by atoms with E-state index < -0.39 is 187 Å². The summed E-state index contributed by atoms with van der Waals surface area (Å²) in [6, 6.07) is 0.580. The van der Waals surface area contributed by atoms with Crippen molar-refractivity contribution >= 4 is 132 Å². The Morgan fingerprint density at radius 1 is 0.425 bits per heavy atom. The Morgan fingerprint density at radius 3 is 1.27 bits per heavy atom. The highest BCUT2D eigenvalue weighted by atomic mass is 32.1. The van der Waals surface area contributed by atoms with Crippen molar-refractivity contribution in [3.8, 4) is 0 Å².